The van der Waals surface area contributed by atoms with Crippen molar-refractivity contribution in [2.75, 3.05) is 0 Å². The Morgan fingerprint density at radius 1 is 0.760 bits per heavy atom. The van der Waals surface area contributed by atoms with Gasteiger partial charge < -0.3 is 0 Å². The van der Waals surface area contributed by atoms with Gasteiger partial charge in [0.2, 0.25) is 0 Å². The van der Waals surface area contributed by atoms with Crippen molar-refractivity contribution >= 4 is 34.0 Å². The van der Waals surface area contributed by atoms with Crippen molar-refractivity contribution < 1.29 is 4.79 Å². The van der Waals surface area contributed by atoms with E-state index in [1.165, 1.54) is 0 Å². The average Bonchev–Trinajstić information content (AvgIpc) is 2.61. The predicted molar refractivity (Wildman–Crippen MR) is 110 cm³/mol. The lowest BCUT2D eigenvalue weighted by molar-refractivity contribution is 0.108. The highest BCUT2D eigenvalue weighted by atomic mass is 35.7. The Kier molecular flexibility index (Phi) is 5.08. The molecule has 0 aliphatic carbocycles. The van der Waals surface area contributed by atoms with Crippen LogP contribution < -0.4 is 10.6 Å². The van der Waals surface area contributed by atoms with Crippen LogP contribution in [0.25, 0.3) is 0 Å². The van der Waals surface area contributed by atoms with E-state index in [-0.39, 0.29) is 5.52 Å². The van der Waals surface area contributed by atoms with E-state index in [1.807, 2.05) is 81.4 Å². The van der Waals surface area contributed by atoms with Gasteiger partial charge in [-0.3, -0.25) is 0 Å². The van der Waals surface area contributed by atoms with E-state index in [0.717, 1.165) is 32.9 Å². The summed E-state index contributed by atoms with van der Waals surface area (Å²) >= 11 is 7.22. The third kappa shape index (κ3) is 3.27. The van der Waals surface area contributed by atoms with Gasteiger partial charge in [-0.2, -0.15) is 0 Å². The molecule has 0 N–H and O–H groups in total. The van der Waals surface area contributed by atoms with Crippen molar-refractivity contribution in [1.82, 2.24) is 0 Å². The summed E-state index contributed by atoms with van der Waals surface area (Å²) in [6.45, 7) is 3.31. The summed E-state index contributed by atoms with van der Waals surface area (Å²) in [5, 5.41) is 1.79. The third-order valence-electron chi connectivity index (χ3n) is 4.39. The molecule has 126 valence electrons. The van der Waals surface area contributed by atoms with E-state index >= 15 is 0 Å². The van der Waals surface area contributed by atoms with Gasteiger partial charge in [0.25, 0.3) is 6.62 Å². The van der Waals surface area contributed by atoms with Crippen molar-refractivity contribution in [3.63, 3.8) is 0 Å². The van der Waals surface area contributed by atoms with Crippen LogP contribution >= 0.6 is 17.9 Å². The van der Waals surface area contributed by atoms with Crippen LogP contribution in [0, 0.1) is 20.8 Å². The van der Waals surface area contributed by atoms with Crippen LogP contribution in [0.2, 0.25) is 0 Å². The largest absolute Gasteiger partial charge is 0.326 e. The molecule has 0 aliphatic rings. The Bertz CT molecular complexity index is 841. The van der Waals surface area contributed by atoms with Gasteiger partial charge in [-0.25, -0.2) is 4.79 Å². The van der Waals surface area contributed by atoms with E-state index in [4.69, 9.17) is 11.2 Å². The number of carbonyl (C=O) groups is 1. The second kappa shape index (κ2) is 7.12. The molecule has 0 bridgehead atoms. The van der Waals surface area contributed by atoms with Crippen LogP contribution in [0.15, 0.2) is 72.8 Å². The van der Waals surface area contributed by atoms with Gasteiger partial charge in [0.15, 0.2) is 0 Å². The van der Waals surface area contributed by atoms with Gasteiger partial charge in [0.05, 0.1) is 5.56 Å². The van der Waals surface area contributed by atoms with Crippen LogP contribution in [0.3, 0.4) is 0 Å². The van der Waals surface area contributed by atoms with Crippen LogP contribution in [-0.4, -0.2) is 5.52 Å². The van der Waals surface area contributed by atoms with Crippen molar-refractivity contribution in [1.29, 1.82) is 0 Å². The number of aryl methyl sites for hydroxylation is 3. The Morgan fingerprint density at radius 3 is 1.56 bits per heavy atom. The Morgan fingerprint density at radius 2 is 1.16 bits per heavy atom. The zero-order chi connectivity index (χ0) is 18.0. The Balaban J connectivity index is 2.25. The van der Waals surface area contributed by atoms with Gasteiger partial charge in [-0.1, -0.05) is 54.1 Å². The second-order valence-electron chi connectivity index (χ2n) is 6.34. The molecule has 25 heavy (non-hydrogen) atoms. The van der Waals surface area contributed by atoms with Crippen molar-refractivity contribution in [3.8, 4) is 0 Å². The monoisotopic (exact) mass is 367 g/mol. The minimum Gasteiger partial charge on any atom is -0.245 e. The molecule has 3 rings (SSSR count). The average molecular weight is 368 g/mol. The molecule has 0 atom stereocenters. The molecular formula is C22H21ClOP+. The number of benzene rings is 3. The molecule has 0 saturated carbocycles. The molecule has 0 amide bonds. The van der Waals surface area contributed by atoms with Crippen LogP contribution in [-0.2, 0) is 0 Å². The first kappa shape index (κ1) is 17.9. The highest BCUT2D eigenvalue weighted by molar-refractivity contribution is 8.21. The van der Waals surface area contributed by atoms with Gasteiger partial charge in [0.1, 0.15) is 21.8 Å². The SMILES string of the molecule is Cc1cc(C)c(C(=O)[P+](Cl)(c2ccccc2)c2ccccc2)c(C)c1. The summed E-state index contributed by atoms with van der Waals surface area (Å²) < 4.78 is 0. The van der Waals surface area contributed by atoms with Gasteiger partial charge in [-0.15, -0.1) is 0 Å². The van der Waals surface area contributed by atoms with Crippen molar-refractivity contribution in [2.45, 2.75) is 20.8 Å². The minimum atomic E-state index is -2.72. The van der Waals surface area contributed by atoms with Crippen molar-refractivity contribution in [2.24, 2.45) is 0 Å². The lowest BCUT2D eigenvalue weighted by Gasteiger charge is -2.19. The smallest absolute Gasteiger partial charge is 0.245 e. The number of rotatable bonds is 4. The molecule has 0 aromatic heterocycles. The number of hydrogen-bond donors (Lipinski definition) is 0. The normalized spacial score (nSPS) is 11.4. The summed E-state index contributed by atoms with van der Waals surface area (Å²) in [4.78, 5) is 13.7. The molecule has 3 aromatic rings. The first-order valence-electron chi connectivity index (χ1n) is 8.27. The molecule has 1 nitrogen and oxygen atoms in total. The maximum Gasteiger partial charge on any atom is 0.326 e. The Labute approximate surface area is 154 Å². The lowest BCUT2D eigenvalue weighted by atomic mass is 10.0. The standard InChI is InChI=1S/C22H21ClOP/c1-16-14-17(2)21(18(3)15-16)22(24)25(23,19-10-6-4-7-11-19)20-12-8-5-9-13-20/h4-15H,1-3H3/q+1. The molecule has 3 aromatic carbocycles. The van der Waals surface area contributed by atoms with Crippen LogP contribution in [0.1, 0.15) is 27.0 Å². The molecule has 0 unspecified atom stereocenters. The summed E-state index contributed by atoms with van der Waals surface area (Å²) in [6.07, 6.45) is 0. The van der Waals surface area contributed by atoms with E-state index in [9.17, 15) is 4.79 Å². The predicted octanol–water partition coefficient (Wildman–Crippen LogP) is 5.57. The molecule has 3 heteroatoms. The topological polar surface area (TPSA) is 17.1 Å². The van der Waals surface area contributed by atoms with Gasteiger partial charge in [-0.05, 0) is 56.2 Å². The zero-order valence-corrected chi connectivity index (χ0v) is 16.3. The maximum absolute atomic E-state index is 13.7. The number of halogens is 1. The van der Waals surface area contributed by atoms with Gasteiger partial charge in [0, 0.05) is 0 Å². The maximum atomic E-state index is 13.7. The van der Waals surface area contributed by atoms with E-state index in [0.29, 0.717) is 0 Å². The first-order chi connectivity index (χ1) is 11.9. The fraction of sp³-hybridized carbons (Fsp3) is 0.136. The van der Waals surface area contributed by atoms with E-state index in [2.05, 4.69) is 12.1 Å². The molecule has 0 fully saturated rings. The summed E-state index contributed by atoms with van der Waals surface area (Å²) in [5.41, 5.74) is 3.91. The summed E-state index contributed by atoms with van der Waals surface area (Å²) in [6, 6.07) is 23.6. The number of carbonyl (C=O) groups excluding carboxylic acids is 1. The first-order valence-corrected chi connectivity index (χ1v) is 11.0. The summed E-state index contributed by atoms with van der Waals surface area (Å²) in [7, 11) is 0. The fourth-order valence-electron chi connectivity index (χ4n) is 3.32. The van der Waals surface area contributed by atoms with Crippen LogP contribution in [0.5, 0.6) is 0 Å². The lowest BCUT2D eigenvalue weighted by Crippen LogP contribution is -2.25. The van der Waals surface area contributed by atoms with Gasteiger partial charge >= 0.3 is 5.52 Å². The van der Waals surface area contributed by atoms with Crippen molar-refractivity contribution in [3.05, 3.63) is 95.1 Å². The molecular weight excluding hydrogens is 347 g/mol. The quantitative estimate of drug-likeness (QED) is 0.550. The molecule has 0 aliphatic heterocycles. The molecule has 0 radical (unpaired) electrons. The third-order valence-corrected chi connectivity index (χ3v) is 8.83. The summed E-state index contributed by atoms with van der Waals surface area (Å²) in [5.74, 6) is 0. The highest BCUT2D eigenvalue weighted by Gasteiger charge is 2.51. The molecule has 0 saturated heterocycles. The number of hydrogen-bond acceptors (Lipinski definition) is 1. The highest BCUT2D eigenvalue weighted by Crippen LogP contribution is 2.64. The second-order valence-corrected chi connectivity index (χ2v) is 10.5. The van der Waals surface area contributed by atoms with E-state index < -0.39 is 6.62 Å². The molecule has 0 heterocycles. The van der Waals surface area contributed by atoms with E-state index in [1.54, 1.807) is 0 Å². The molecule has 0 spiro atoms. The minimum absolute atomic E-state index is 0.0292. The Hall–Kier alpha value is -1.95. The van der Waals surface area contributed by atoms with Crippen LogP contribution in [0.4, 0.5) is 0 Å². The zero-order valence-electron chi connectivity index (χ0n) is 14.7. The fourth-order valence-corrected chi connectivity index (χ4v) is 6.85.